The third-order valence-electron chi connectivity index (χ3n) is 5.45. The van der Waals surface area contributed by atoms with E-state index in [9.17, 15) is 4.79 Å². The number of likely N-dealkylation sites (tertiary alicyclic amines) is 1. The number of carbonyl (C=O) groups excluding carboxylic acids is 1. The fourth-order valence-electron chi connectivity index (χ4n) is 4.49. The topological polar surface area (TPSA) is 48.1 Å². The van der Waals surface area contributed by atoms with Gasteiger partial charge >= 0.3 is 0 Å². The molecule has 4 heteroatoms. The zero-order chi connectivity index (χ0) is 15.3. The predicted molar refractivity (Wildman–Crippen MR) is 88.0 cm³/mol. The molecule has 2 N–H and O–H groups in total. The van der Waals surface area contributed by atoms with Gasteiger partial charge in [0, 0.05) is 49.1 Å². The SMILES string of the molecule is CC(=O)NC[C@@H]1CC2c3cccc4[nH]cc(c34)C[C@H]2N(C)C1. The minimum absolute atomic E-state index is 0.0726. The molecule has 116 valence electrons. The largest absolute Gasteiger partial charge is 0.361 e. The first kappa shape index (κ1) is 13.8. The summed E-state index contributed by atoms with van der Waals surface area (Å²) in [5.74, 6) is 1.18. The molecule has 4 nitrogen and oxygen atoms in total. The molecule has 22 heavy (non-hydrogen) atoms. The Morgan fingerprint density at radius 3 is 3.14 bits per heavy atom. The Hall–Kier alpha value is -1.81. The van der Waals surface area contributed by atoms with Crippen LogP contribution in [0.25, 0.3) is 10.9 Å². The summed E-state index contributed by atoms with van der Waals surface area (Å²) in [6.45, 7) is 3.46. The van der Waals surface area contributed by atoms with Gasteiger partial charge in [0.2, 0.25) is 5.91 Å². The van der Waals surface area contributed by atoms with Gasteiger partial charge in [0.05, 0.1) is 0 Å². The summed E-state index contributed by atoms with van der Waals surface area (Å²) in [7, 11) is 2.23. The van der Waals surface area contributed by atoms with Crippen molar-refractivity contribution in [3.05, 3.63) is 35.5 Å². The van der Waals surface area contributed by atoms with Crippen LogP contribution in [-0.4, -0.2) is 42.0 Å². The fourth-order valence-corrected chi connectivity index (χ4v) is 4.49. The van der Waals surface area contributed by atoms with Crippen LogP contribution in [0, 0.1) is 5.92 Å². The average molecular weight is 297 g/mol. The van der Waals surface area contributed by atoms with Crippen LogP contribution in [0.3, 0.4) is 0 Å². The van der Waals surface area contributed by atoms with E-state index in [-0.39, 0.29) is 5.91 Å². The second-order valence-electron chi connectivity index (χ2n) is 6.94. The van der Waals surface area contributed by atoms with Crippen molar-refractivity contribution in [3.8, 4) is 0 Å². The van der Waals surface area contributed by atoms with Crippen molar-refractivity contribution < 1.29 is 4.79 Å². The van der Waals surface area contributed by atoms with Crippen LogP contribution < -0.4 is 5.32 Å². The second kappa shape index (κ2) is 5.13. The molecule has 1 aromatic heterocycles. The number of hydrogen-bond donors (Lipinski definition) is 2. The lowest BCUT2D eigenvalue weighted by Crippen LogP contribution is -2.50. The molecule has 0 saturated carbocycles. The fraction of sp³-hybridized carbons (Fsp3) is 0.500. The lowest BCUT2D eigenvalue weighted by atomic mass is 9.72. The van der Waals surface area contributed by atoms with E-state index in [1.165, 1.54) is 28.5 Å². The number of rotatable bonds is 2. The maximum Gasteiger partial charge on any atom is 0.216 e. The molecule has 2 aromatic rings. The molecule has 4 rings (SSSR count). The summed E-state index contributed by atoms with van der Waals surface area (Å²) >= 11 is 0. The molecule has 2 heterocycles. The molecule has 1 saturated heterocycles. The van der Waals surface area contributed by atoms with Gasteiger partial charge in [0.15, 0.2) is 0 Å². The molecule has 2 aliphatic rings. The van der Waals surface area contributed by atoms with Gasteiger partial charge in [0.1, 0.15) is 0 Å². The number of H-pyrrole nitrogens is 1. The average Bonchev–Trinajstić information content (AvgIpc) is 2.91. The number of aromatic amines is 1. The number of likely N-dealkylation sites (N-methyl/N-ethyl adjacent to an activating group) is 1. The summed E-state index contributed by atoms with van der Waals surface area (Å²) in [4.78, 5) is 17.1. The molecule has 1 aliphatic carbocycles. The number of carbonyl (C=O) groups is 1. The van der Waals surface area contributed by atoms with E-state index in [0.717, 1.165) is 19.5 Å². The third-order valence-corrected chi connectivity index (χ3v) is 5.45. The van der Waals surface area contributed by atoms with Crippen molar-refractivity contribution in [1.82, 2.24) is 15.2 Å². The highest BCUT2D eigenvalue weighted by molar-refractivity contribution is 5.88. The van der Waals surface area contributed by atoms with Gasteiger partial charge in [0.25, 0.3) is 0 Å². The van der Waals surface area contributed by atoms with Crippen LogP contribution in [0.1, 0.15) is 30.4 Å². The molecule has 0 spiro atoms. The second-order valence-corrected chi connectivity index (χ2v) is 6.94. The minimum atomic E-state index is 0.0726. The molecular weight excluding hydrogens is 274 g/mol. The van der Waals surface area contributed by atoms with Crippen LogP contribution in [-0.2, 0) is 11.2 Å². The molecular formula is C18H23N3O. The lowest BCUT2D eigenvalue weighted by molar-refractivity contribution is -0.119. The number of nitrogens with zero attached hydrogens (tertiary/aromatic N) is 1. The van der Waals surface area contributed by atoms with Crippen molar-refractivity contribution in [2.75, 3.05) is 20.1 Å². The Morgan fingerprint density at radius 1 is 1.45 bits per heavy atom. The van der Waals surface area contributed by atoms with Crippen LogP contribution in [0.4, 0.5) is 0 Å². The van der Waals surface area contributed by atoms with E-state index in [4.69, 9.17) is 0 Å². The van der Waals surface area contributed by atoms with Gasteiger partial charge in [-0.15, -0.1) is 0 Å². The van der Waals surface area contributed by atoms with E-state index in [0.29, 0.717) is 17.9 Å². The number of benzene rings is 1. The monoisotopic (exact) mass is 297 g/mol. The van der Waals surface area contributed by atoms with Crippen LogP contribution in [0.2, 0.25) is 0 Å². The molecule has 1 amide bonds. The summed E-state index contributed by atoms with van der Waals surface area (Å²) in [6, 6.07) is 7.22. The Bertz CT molecular complexity index is 720. The maximum absolute atomic E-state index is 11.2. The minimum Gasteiger partial charge on any atom is -0.361 e. The first-order valence-corrected chi connectivity index (χ1v) is 8.17. The standard InChI is InChI=1S/C18H23N3O/c1-11(22)19-8-12-6-15-14-4-3-5-16-18(14)13(9-20-16)7-17(15)21(2)10-12/h3-5,9,12,15,17,20H,6-8,10H2,1-2H3,(H,19,22)/t12-,15?,17+/m0/s1. The molecule has 3 atom stereocenters. The van der Waals surface area contributed by atoms with E-state index in [1.807, 2.05) is 0 Å². The highest BCUT2D eigenvalue weighted by Gasteiger charge is 2.39. The number of fused-ring (bicyclic) bond motifs is 2. The first-order chi connectivity index (χ1) is 10.6. The lowest BCUT2D eigenvalue weighted by Gasteiger charge is -2.45. The molecule has 1 fully saturated rings. The number of aromatic nitrogens is 1. The van der Waals surface area contributed by atoms with E-state index < -0.39 is 0 Å². The number of hydrogen-bond acceptors (Lipinski definition) is 2. The van der Waals surface area contributed by atoms with Crippen LogP contribution in [0.5, 0.6) is 0 Å². The molecule has 1 aliphatic heterocycles. The summed E-state index contributed by atoms with van der Waals surface area (Å²) in [5.41, 5.74) is 4.21. The van der Waals surface area contributed by atoms with E-state index in [2.05, 4.69) is 46.6 Å². The first-order valence-electron chi connectivity index (χ1n) is 8.17. The molecule has 1 unspecified atom stereocenters. The summed E-state index contributed by atoms with van der Waals surface area (Å²) < 4.78 is 0. The Morgan fingerprint density at radius 2 is 2.32 bits per heavy atom. The summed E-state index contributed by atoms with van der Waals surface area (Å²) in [5, 5.41) is 4.44. The predicted octanol–water partition coefficient (Wildman–Crippen LogP) is 2.26. The quantitative estimate of drug-likeness (QED) is 0.893. The zero-order valence-electron chi connectivity index (χ0n) is 13.2. The van der Waals surface area contributed by atoms with Crippen molar-refractivity contribution in [1.29, 1.82) is 0 Å². The number of nitrogens with one attached hydrogen (secondary N) is 2. The summed E-state index contributed by atoms with van der Waals surface area (Å²) in [6.07, 6.45) is 4.48. The Balaban J connectivity index is 1.67. The van der Waals surface area contributed by atoms with Gasteiger partial charge in [-0.3, -0.25) is 4.79 Å². The van der Waals surface area contributed by atoms with Gasteiger partial charge in [-0.05, 0) is 43.0 Å². The maximum atomic E-state index is 11.2. The van der Waals surface area contributed by atoms with Gasteiger partial charge in [-0.1, -0.05) is 12.1 Å². The molecule has 1 aromatic carbocycles. The van der Waals surface area contributed by atoms with Crippen molar-refractivity contribution in [3.63, 3.8) is 0 Å². The number of amides is 1. The van der Waals surface area contributed by atoms with Crippen molar-refractivity contribution >= 4 is 16.8 Å². The Kier molecular flexibility index (Phi) is 3.22. The smallest absolute Gasteiger partial charge is 0.216 e. The van der Waals surface area contributed by atoms with E-state index in [1.54, 1.807) is 6.92 Å². The van der Waals surface area contributed by atoms with Crippen LogP contribution in [0.15, 0.2) is 24.4 Å². The third kappa shape index (κ3) is 2.13. The Labute approximate surface area is 130 Å². The van der Waals surface area contributed by atoms with Crippen LogP contribution >= 0.6 is 0 Å². The van der Waals surface area contributed by atoms with Crippen molar-refractivity contribution in [2.45, 2.75) is 31.7 Å². The zero-order valence-corrected chi connectivity index (χ0v) is 13.2. The van der Waals surface area contributed by atoms with Gasteiger partial charge in [-0.2, -0.15) is 0 Å². The molecule has 0 bridgehead atoms. The highest BCUT2D eigenvalue weighted by atomic mass is 16.1. The van der Waals surface area contributed by atoms with Gasteiger partial charge < -0.3 is 15.2 Å². The van der Waals surface area contributed by atoms with Gasteiger partial charge in [-0.25, -0.2) is 0 Å². The van der Waals surface area contributed by atoms with E-state index >= 15 is 0 Å². The highest BCUT2D eigenvalue weighted by Crippen LogP contribution is 2.44. The number of piperidine rings is 1. The normalized spacial score (nSPS) is 27.6. The van der Waals surface area contributed by atoms with Crippen molar-refractivity contribution in [2.24, 2.45) is 5.92 Å². The molecule has 0 radical (unpaired) electrons.